The third kappa shape index (κ3) is 3.74. The summed E-state index contributed by atoms with van der Waals surface area (Å²) in [7, 11) is 0. The summed E-state index contributed by atoms with van der Waals surface area (Å²) in [5.74, 6) is 0.0729. The minimum atomic E-state index is -0.430. The van der Waals surface area contributed by atoms with E-state index in [-0.39, 0.29) is 5.56 Å². The van der Waals surface area contributed by atoms with Crippen LogP contribution in [-0.2, 0) is 11.3 Å². The average Bonchev–Trinajstić information content (AvgIpc) is 2.91. The molecule has 0 unspecified atom stereocenters. The van der Waals surface area contributed by atoms with E-state index < -0.39 is 5.97 Å². The van der Waals surface area contributed by atoms with Crippen molar-refractivity contribution in [2.24, 2.45) is 5.92 Å². The molecule has 2 aromatic heterocycles. The molecule has 2 heterocycles. The fourth-order valence-corrected chi connectivity index (χ4v) is 2.93. The molecule has 0 aliphatic carbocycles. The van der Waals surface area contributed by atoms with Crippen LogP contribution in [0.5, 0.6) is 0 Å². The van der Waals surface area contributed by atoms with E-state index in [0.717, 1.165) is 19.3 Å². The van der Waals surface area contributed by atoms with E-state index >= 15 is 0 Å². The Kier molecular flexibility index (Phi) is 5.71. The van der Waals surface area contributed by atoms with Gasteiger partial charge in [0.1, 0.15) is 4.83 Å². The van der Waals surface area contributed by atoms with Gasteiger partial charge in [-0.05, 0) is 18.8 Å². The molecule has 0 saturated heterocycles. The lowest BCUT2D eigenvalue weighted by atomic mass is 10.1. The van der Waals surface area contributed by atoms with Crippen LogP contribution in [0.2, 0.25) is 0 Å². The SMILES string of the molecule is CCCCOC(=O)c1csc2ncn(CCC(C)C)c(=O)c12. The molecule has 0 spiro atoms. The molecule has 2 aromatic rings. The summed E-state index contributed by atoms with van der Waals surface area (Å²) in [4.78, 5) is 29.6. The Labute approximate surface area is 133 Å². The molecule has 0 aliphatic rings. The lowest BCUT2D eigenvalue weighted by molar-refractivity contribution is 0.0502. The minimum absolute atomic E-state index is 0.158. The summed E-state index contributed by atoms with van der Waals surface area (Å²) in [6.45, 7) is 7.25. The highest BCUT2D eigenvalue weighted by molar-refractivity contribution is 7.17. The molecule has 0 bridgehead atoms. The van der Waals surface area contributed by atoms with Gasteiger partial charge in [0.25, 0.3) is 5.56 Å². The van der Waals surface area contributed by atoms with Gasteiger partial charge in [-0.15, -0.1) is 11.3 Å². The molecule has 0 N–H and O–H groups in total. The Morgan fingerprint density at radius 2 is 2.23 bits per heavy atom. The van der Waals surface area contributed by atoms with Gasteiger partial charge in [-0.3, -0.25) is 9.36 Å². The standard InChI is InChI=1S/C16H22N2O3S/c1-4-5-8-21-16(20)12-9-22-14-13(12)15(19)18(10-17-14)7-6-11(2)3/h9-11H,4-8H2,1-3H3. The summed E-state index contributed by atoms with van der Waals surface area (Å²) >= 11 is 1.30. The Morgan fingerprint density at radius 1 is 1.45 bits per heavy atom. The van der Waals surface area contributed by atoms with Crippen LogP contribution in [-0.4, -0.2) is 22.1 Å². The number of aromatic nitrogens is 2. The van der Waals surface area contributed by atoms with Crippen molar-refractivity contribution >= 4 is 27.5 Å². The number of aryl methyl sites for hydroxylation is 1. The lowest BCUT2D eigenvalue weighted by Gasteiger charge is -2.08. The van der Waals surface area contributed by atoms with Crippen LogP contribution in [0.15, 0.2) is 16.5 Å². The molecule has 0 radical (unpaired) electrons. The second kappa shape index (κ2) is 7.54. The van der Waals surface area contributed by atoms with Gasteiger partial charge < -0.3 is 4.74 Å². The lowest BCUT2D eigenvalue weighted by Crippen LogP contribution is -2.22. The van der Waals surface area contributed by atoms with Gasteiger partial charge in [-0.2, -0.15) is 0 Å². The van der Waals surface area contributed by atoms with Crippen molar-refractivity contribution in [2.45, 2.75) is 46.6 Å². The van der Waals surface area contributed by atoms with Gasteiger partial charge >= 0.3 is 5.97 Å². The van der Waals surface area contributed by atoms with Crippen molar-refractivity contribution in [3.63, 3.8) is 0 Å². The number of thiophene rings is 1. The van der Waals surface area contributed by atoms with Gasteiger partial charge in [0, 0.05) is 11.9 Å². The Hall–Kier alpha value is -1.69. The molecule has 0 atom stereocenters. The highest BCUT2D eigenvalue weighted by Crippen LogP contribution is 2.21. The third-order valence-corrected chi connectivity index (χ3v) is 4.35. The summed E-state index contributed by atoms with van der Waals surface area (Å²) in [5, 5.41) is 2.05. The van der Waals surface area contributed by atoms with E-state index in [1.807, 2.05) is 6.92 Å². The zero-order valence-corrected chi connectivity index (χ0v) is 14.1. The van der Waals surface area contributed by atoms with Gasteiger partial charge in [-0.25, -0.2) is 9.78 Å². The number of hydrogen-bond acceptors (Lipinski definition) is 5. The Bertz CT molecular complexity index is 703. The molecule has 2 rings (SSSR count). The number of hydrogen-bond donors (Lipinski definition) is 0. The first-order valence-corrected chi connectivity index (χ1v) is 8.56. The molecule has 0 aromatic carbocycles. The zero-order valence-electron chi connectivity index (χ0n) is 13.3. The van der Waals surface area contributed by atoms with E-state index in [1.54, 1.807) is 16.3 Å². The number of carbonyl (C=O) groups excluding carboxylic acids is 1. The van der Waals surface area contributed by atoms with Crippen LogP contribution in [0.25, 0.3) is 10.2 Å². The predicted molar refractivity (Wildman–Crippen MR) is 88.5 cm³/mol. The van der Waals surface area contributed by atoms with Crippen LogP contribution in [0, 0.1) is 5.92 Å². The van der Waals surface area contributed by atoms with Gasteiger partial charge in [0.05, 0.1) is 23.9 Å². The highest BCUT2D eigenvalue weighted by atomic mass is 32.1. The fraction of sp³-hybridized carbons (Fsp3) is 0.562. The number of carbonyl (C=O) groups is 1. The first-order valence-electron chi connectivity index (χ1n) is 7.68. The van der Waals surface area contributed by atoms with Gasteiger partial charge in [0.2, 0.25) is 0 Å². The smallest absolute Gasteiger partial charge is 0.339 e. The number of nitrogens with zero attached hydrogens (tertiary/aromatic N) is 2. The van der Waals surface area contributed by atoms with Crippen LogP contribution in [0.1, 0.15) is 50.4 Å². The number of unbranched alkanes of at least 4 members (excludes halogenated alkanes) is 1. The molecule has 0 amide bonds. The molecular weight excluding hydrogens is 300 g/mol. The van der Waals surface area contributed by atoms with E-state index in [0.29, 0.717) is 34.8 Å². The largest absolute Gasteiger partial charge is 0.462 e. The fourth-order valence-electron chi connectivity index (χ4n) is 2.06. The van der Waals surface area contributed by atoms with Crippen LogP contribution < -0.4 is 5.56 Å². The van der Waals surface area contributed by atoms with Crippen LogP contribution >= 0.6 is 11.3 Å². The second-order valence-corrected chi connectivity index (χ2v) is 6.60. The monoisotopic (exact) mass is 322 g/mol. The third-order valence-electron chi connectivity index (χ3n) is 3.46. The van der Waals surface area contributed by atoms with Crippen molar-refractivity contribution in [1.29, 1.82) is 0 Å². The predicted octanol–water partition coefficient (Wildman–Crippen LogP) is 3.46. The maximum absolute atomic E-state index is 12.6. The summed E-state index contributed by atoms with van der Waals surface area (Å²) in [5.41, 5.74) is 0.182. The summed E-state index contributed by atoms with van der Waals surface area (Å²) in [6.07, 6.45) is 4.25. The van der Waals surface area contributed by atoms with Crippen molar-refractivity contribution in [3.05, 3.63) is 27.6 Å². The number of esters is 1. The van der Waals surface area contributed by atoms with E-state index in [9.17, 15) is 9.59 Å². The number of ether oxygens (including phenoxy) is 1. The van der Waals surface area contributed by atoms with Crippen molar-refractivity contribution in [2.75, 3.05) is 6.61 Å². The van der Waals surface area contributed by atoms with Crippen LogP contribution in [0.4, 0.5) is 0 Å². The Morgan fingerprint density at radius 3 is 2.91 bits per heavy atom. The topological polar surface area (TPSA) is 61.2 Å². The van der Waals surface area contributed by atoms with E-state index in [2.05, 4.69) is 18.8 Å². The van der Waals surface area contributed by atoms with Crippen molar-refractivity contribution < 1.29 is 9.53 Å². The molecule has 6 heteroatoms. The minimum Gasteiger partial charge on any atom is -0.462 e. The first kappa shape index (κ1) is 16.7. The average molecular weight is 322 g/mol. The molecule has 22 heavy (non-hydrogen) atoms. The zero-order chi connectivity index (χ0) is 16.1. The molecule has 0 aliphatic heterocycles. The quantitative estimate of drug-likeness (QED) is 0.578. The number of fused-ring (bicyclic) bond motifs is 1. The summed E-state index contributed by atoms with van der Waals surface area (Å²) in [6, 6.07) is 0. The molecule has 5 nitrogen and oxygen atoms in total. The first-order chi connectivity index (χ1) is 10.5. The van der Waals surface area contributed by atoms with Gasteiger partial charge in [-0.1, -0.05) is 27.2 Å². The normalized spacial score (nSPS) is 11.3. The molecule has 0 fully saturated rings. The van der Waals surface area contributed by atoms with Crippen LogP contribution in [0.3, 0.4) is 0 Å². The van der Waals surface area contributed by atoms with E-state index in [4.69, 9.17) is 4.74 Å². The van der Waals surface area contributed by atoms with E-state index in [1.165, 1.54) is 11.3 Å². The Balaban J connectivity index is 2.30. The summed E-state index contributed by atoms with van der Waals surface area (Å²) < 4.78 is 6.80. The molecule has 0 saturated carbocycles. The molecule has 120 valence electrons. The maximum Gasteiger partial charge on any atom is 0.339 e. The highest BCUT2D eigenvalue weighted by Gasteiger charge is 2.18. The molecular formula is C16H22N2O3S. The van der Waals surface area contributed by atoms with Crippen molar-refractivity contribution in [1.82, 2.24) is 9.55 Å². The number of rotatable bonds is 7. The van der Waals surface area contributed by atoms with Gasteiger partial charge in [0.15, 0.2) is 0 Å². The van der Waals surface area contributed by atoms with Crippen molar-refractivity contribution in [3.8, 4) is 0 Å². The second-order valence-electron chi connectivity index (χ2n) is 5.74. The maximum atomic E-state index is 12.6.